The lowest BCUT2D eigenvalue weighted by molar-refractivity contribution is -0.148. The van der Waals surface area contributed by atoms with E-state index >= 15 is 0 Å². The molecule has 0 aromatic heterocycles. The van der Waals surface area contributed by atoms with E-state index in [0.717, 1.165) is 37.1 Å². The van der Waals surface area contributed by atoms with Crippen molar-refractivity contribution in [2.45, 2.75) is 31.7 Å². The Labute approximate surface area is 178 Å². The minimum Gasteiger partial charge on any atom is -0.497 e. The average molecular weight is 416 g/mol. The monoisotopic (exact) mass is 415 g/mol. The minimum absolute atomic E-state index is 0.136. The summed E-state index contributed by atoms with van der Waals surface area (Å²) >= 11 is 0. The first kappa shape index (κ1) is 21.1. The first-order chi connectivity index (χ1) is 14.5. The first-order valence-corrected chi connectivity index (χ1v) is 11.0. The van der Waals surface area contributed by atoms with Crippen molar-refractivity contribution < 1.29 is 19.1 Å². The minimum atomic E-state index is -0.374. The summed E-state index contributed by atoms with van der Waals surface area (Å²) in [4.78, 5) is 32.9. The van der Waals surface area contributed by atoms with Crippen molar-refractivity contribution >= 4 is 11.8 Å². The molecule has 0 bridgehead atoms. The van der Waals surface area contributed by atoms with Crippen LogP contribution in [0.2, 0.25) is 0 Å². The fourth-order valence-corrected chi connectivity index (χ4v) is 5.35. The van der Waals surface area contributed by atoms with Crippen molar-refractivity contribution in [2.75, 3.05) is 60.1 Å². The molecule has 3 saturated heterocycles. The quantitative estimate of drug-likeness (QED) is 0.744. The highest BCUT2D eigenvalue weighted by Crippen LogP contribution is 2.44. The Bertz CT molecular complexity index is 762. The van der Waals surface area contributed by atoms with Crippen molar-refractivity contribution in [3.05, 3.63) is 29.8 Å². The second kappa shape index (κ2) is 8.94. The van der Waals surface area contributed by atoms with Gasteiger partial charge in [0, 0.05) is 32.2 Å². The number of amides is 2. The number of fused-ring (bicyclic) bond motifs is 1. The van der Waals surface area contributed by atoms with Gasteiger partial charge in [-0.05, 0) is 50.6 Å². The zero-order chi connectivity index (χ0) is 21.1. The van der Waals surface area contributed by atoms with Gasteiger partial charge in [0.2, 0.25) is 11.8 Å². The average Bonchev–Trinajstić information content (AvgIpc) is 2.97. The SMILES string of the molecule is COc1ccc(CC(=O)N2CC[C@@H]3N(C)CC[C@]3(C(=O)N3CCOCC3)CC2)cc1. The molecule has 0 spiro atoms. The maximum atomic E-state index is 13.6. The molecule has 3 aliphatic heterocycles. The van der Waals surface area contributed by atoms with Crippen LogP contribution in [0.3, 0.4) is 0 Å². The molecule has 2 amide bonds. The molecule has 2 atom stereocenters. The van der Waals surface area contributed by atoms with E-state index in [-0.39, 0.29) is 23.3 Å². The summed E-state index contributed by atoms with van der Waals surface area (Å²) in [5, 5.41) is 0. The van der Waals surface area contributed by atoms with Crippen molar-refractivity contribution in [2.24, 2.45) is 5.41 Å². The Morgan fingerprint density at radius 2 is 1.73 bits per heavy atom. The molecule has 164 valence electrons. The van der Waals surface area contributed by atoms with Gasteiger partial charge in [0.25, 0.3) is 0 Å². The molecular weight excluding hydrogens is 382 g/mol. The molecule has 3 aliphatic rings. The molecule has 0 radical (unpaired) electrons. The van der Waals surface area contributed by atoms with Gasteiger partial charge in [-0.25, -0.2) is 0 Å². The Hall–Kier alpha value is -2.12. The van der Waals surface area contributed by atoms with E-state index in [1.165, 1.54) is 0 Å². The number of morpholine rings is 1. The topological polar surface area (TPSA) is 62.3 Å². The number of ether oxygens (including phenoxy) is 2. The van der Waals surface area contributed by atoms with Crippen molar-refractivity contribution in [1.82, 2.24) is 14.7 Å². The second-order valence-corrected chi connectivity index (χ2v) is 8.75. The molecule has 0 saturated carbocycles. The highest BCUT2D eigenvalue weighted by atomic mass is 16.5. The summed E-state index contributed by atoms with van der Waals surface area (Å²) in [5.41, 5.74) is 0.614. The van der Waals surface area contributed by atoms with E-state index in [1.54, 1.807) is 7.11 Å². The lowest BCUT2D eigenvalue weighted by atomic mass is 9.75. The van der Waals surface area contributed by atoms with E-state index in [9.17, 15) is 9.59 Å². The van der Waals surface area contributed by atoms with Gasteiger partial charge >= 0.3 is 0 Å². The van der Waals surface area contributed by atoms with Crippen LogP contribution in [-0.4, -0.2) is 92.7 Å². The van der Waals surface area contributed by atoms with Gasteiger partial charge in [0.05, 0.1) is 32.2 Å². The maximum absolute atomic E-state index is 13.6. The Balaban J connectivity index is 1.46. The van der Waals surface area contributed by atoms with Gasteiger partial charge in [-0.2, -0.15) is 0 Å². The van der Waals surface area contributed by atoms with E-state index in [0.29, 0.717) is 45.8 Å². The molecule has 3 heterocycles. The lowest BCUT2D eigenvalue weighted by Crippen LogP contribution is -2.53. The van der Waals surface area contributed by atoms with E-state index in [2.05, 4.69) is 11.9 Å². The summed E-state index contributed by atoms with van der Waals surface area (Å²) < 4.78 is 10.6. The van der Waals surface area contributed by atoms with Gasteiger partial charge in [-0.3, -0.25) is 9.59 Å². The van der Waals surface area contributed by atoms with Crippen LogP contribution in [0, 0.1) is 5.41 Å². The fourth-order valence-electron chi connectivity index (χ4n) is 5.35. The number of carbonyl (C=O) groups excluding carboxylic acids is 2. The number of hydrogen-bond donors (Lipinski definition) is 0. The molecule has 1 aromatic carbocycles. The summed E-state index contributed by atoms with van der Waals surface area (Å²) in [6, 6.07) is 7.87. The molecule has 0 aliphatic carbocycles. The van der Waals surface area contributed by atoms with Crippen molar-refractivity contribution in [3.63, 3.8) is 0 Å². The van der Waals surface area contributed by atoms with Crippen LogP contribution in [0.15, 0.2) is 24.3 Å². The number of likely N-dealkylation sites (tertiary alicyclic amines) is 2. The Kier molecular flexibility index (Phi) is 6.29. The number of benzene rings is 1. The largest absolute Gasteiger partial charge is 0.497 e. The number of hydrogen-bond acceptors (Lipinski definition) is 5. The highest BCUT2D eigenvalue weighted by Gasteiger charge is 2.53. The van der Waals surface area contributed by atoms with Gasteiger partial charge in [-0.1, -0.05) is 12.1 Å². The van der Waals surface area contributed by atoms with Gasteiger partial charge in [0.1, 0.15) is 5.75 Å². The normalized spacial score (nSPS) is 27.5. The zero-order valence-electron chi connectivity index (χ0n) is 18.1. The molecule has 7 heteroatoms. The predicted octanol–water partition coefficient (Wildman–Crippen LogP) is 1.41. The van der Waals surface area contributed by atoms with E-state index in [1.807, 2.05) is 34.1 Å². The van der Waals surface area contributed by atoms with Crippen LogP contribution in [0.1, 0.15) is 24.8 Å². The molecule has 4 rings (SSSR count). The van der Waals surface area contributed by atoms with E-state index < -0.39 is 0 Å². The molecule has 0 N–H and O–H groups in total. The smallest absolute Gasteiger partial charge is 0.230 e. The Morgan fingerprint density at radius 3 is 2.43 bits per heavy atom. The fraction of sp³-hybridized carbons (Fsp3) is 0.652. The number of methoxy groups -OCH3 is 1. The van der Waals surface area contributed by atoms with Crippen LogP contribution in [0.4, 0.5) is 0 Å². The molecule has 0 unspecified atom stereocenters. The summed E-state index contributed by atoms with van der Waals surface area (Å²) in [5.74, 6) is 1.20. The number of rotatable bonds is 4. The third kappa shape index (κ3) is 4.05. The molecule has 30 heavy (non-hydrogen) atoms. The van der Waals surface area contributed by atoms with E-state index in [4.69, 9.17) is 9.47 Å². The van der Waals surface area contributed by atoms with Crippen LogP contribution in [0.5, 0.6) is 5.75 Å². The third-order valence-corrected chi connectivity index (χ3v) is 7.17. The zero-order valence-corrected chi connectivity index (χ0v) is 18.1. The maximum Gasteiger partial charge on any atom is 0.230 e. The molecule has 7 nitrogen and oxygen atoms in total. The summed E-state index contributed by atoms with van der Waals surface area (Å²) in [6.07, 6.45) is 2.85. The van der Waals surface area contributed by atoms with Gasteiger partial charge in [0.15, 0.2) is 0 Å². The number of carbonyl (C=O) groups is 2. The predicted molar refractivity (Wildman–Crippen MR) is 113 cm³/mol. The van der Waals surface area contributed by atoms with Crippen molar-refractivity contribution in [3.8, 4) is 5.75 Å². The second-order valence-electron chi connectivity index (χ2n) is 8.75. The van der Waals surface area contributed by atoms with Crippen LogP contribution in [-0.2, 0) is 20.7 Å². The van der Waals surface area contributed by atoms with Gasteiger partial charge in [-0.15, -0.1) is 0 Å². The highest BCUT2D eigenvalue weighted by molar-refractivity contribution is 5.85. The van der Waals surface area contributed by atoms with Crippen LogP contribution in [0.25, 0.3) is 0 Å². The van der Waals surface area contributed by atoms with Gasteiger partial charge < -0.3 is 24.2 Å². The standard InChI is InChI=1S/C23H33N3O4/c1-24-11-8-23(22(28)26-13-15-30-16-14-26)9-12-25(10-7-20(23)24)21(27)17-18-3-5-19(29-2)6-4-18/h3-6,20H,7-17H2,1-2H3/t20-,23-/m0/s1. The lowest BCUT2D eigenvalue weighted by Gasteiger charge is -2.39. The first-order valence-electron chi connectivity index (χ1n) is 11.0. The Morgan fingerprint density at radius 1 is 1.03 bits per heavy atom. The molecule has 1 aromatic rings. The summed E-state index contributed by atoms with van der Waals surface area (Å²) in [6.45, 7) is 4.90. The molecule has 3 fully saturated rings. The summed E-state index contributed by atoms with van der Waals surface area (Å²) in [7, 11) is 3.76. The van der Waals surface area contributed by atoms with Crippen molar-refractivity contribution in [1.29, 1.82) is 0 Å². The van der Waals surface area contributed by atoms with Crippen LogP contribution >= 0.6 is 0 Å². The van der Waals surface area contributed by atoms with Crippen LogP contribution < -0.4 is 4.74 Å². The third-order valence-electron chi connectivity index (χ3n) is 7.17. The number of nitrogens with zero attached hydrogens (tertiary/aromatic N) is 3. The molecular formula is C23H33N3O4.